The average Bonchev–Trinajstić information content (AvgIpc) is 3.56. The van der Waals surface area contributed by atoms with E-state index in [1.807, 2.05) is 53.4 Å². The van der Waals surface area contributed by atoms with E-state index in [9.17, 15) is 9.59 Å². The van der Waals surface area contributed by atoms with Crippen LogP contribution < -0.4 is 14.4 Å². The van der Waals surface area contributed by atoms with Gasteiger partial charge in [0.2, 0.25) is 11.8 Å². The molecular weight excluding hydrogens is 464 g/mol. The first-order chi connectivity index (χ1) is 17.1. The Kier molecular flexibility index (Phi) is 6.68. The lowest BCUT2D eigenvalue weighted by molar-refractivity contribution is -0.136. The predicted molar refractivity (Wildman–Crippen MR) is 134 cm³/mol. The van der Waals surface area contributed by atoms with E-state index in [0.29, 0.717) is 19.6 Å². The van der Waals surface area contributed by atoms with Gasteiger partial charge in [0.05, 0.1) is 25.7 Å². The number of carbonyl (C=O) groups is 2. The Morgan fingerprint density at radius 1 is 1.00 bits per heavy atom. The summed E-state index contributed by atoms with van der Waals surface area (Å²) in [5.41, 5.74) is 1.74. The highest BCUT2D eigenvalue weighted by Gasteiger charge is 2.38. The van der Waals surface area contributed by atoms with Crippen LogP contribution in [0.3, 0.4) is 0 Å². The Labute approximate surface area is 208 Å². The first kappa shape index (κ1) is 23.3. The molecule has 0 aliphatic carbocycles. The Morgan fingerprint density at radius 2 is 1.74 bits per heavy atom. The lowest BCUT2D eigenvalue weighted by Crippen LogP contribution is -2.42. The molecular formula is C26H28N4O4S. The zero-order valence-corrected chi connectivity index (χ0v) is 20.7. The van der Waals surface area contributed by atoms with E-state index < -0.39 is 0 Å². The number of ether oxygens (including phenoxy) is 2. The summed E-state index contributed by atoms with van der Waals surface area (Å²) in [7, 11) is 3.26. The number of rotatable bonds is 6. The molecule has 2 aliphatic heterocycles. The summed E-state index contributed by atoms with van der Waals surface area (Å²) in [6.07, 6.45) is 1.94. The third-order valence-electron chi connectivity index (χ3n) is 6.79. The van der Waals surface area contributed by atoms with Crippen molar-refractivity contribution in [1.29, 1.82) is 0 Å². The van der Waals surface area contributed by atoms with Crippen LogP contribution in [0.2, 0.25) is 0 Å². The molecule has 35 heavy (non-hydrogen) atoms. The van der Waals surface area contributed by atoms with Gasteiger partial charge in [-0.3, -0.25) is 9.59 Å². The van der Waals surface area contributed by atoms with Crippen molar-refractivity contribution >= 4 is 28.8 Å². The lowest BCUT2D eigenvalue weighted by Gasteiger charge is -2.32. The number of methoxy groups -OCH3 is 2. The fourth-order valence-electron chi connectivity index (χ4n) is 4.82. The van der Waals surface area contributed by atoms with Crippen LogP contribution in [0.5, 0.6) is 11.5 Å². The summed E-state index contributed by atoms with van der Waals surface area (Å²) in [4.78, 5) is 29.5. The molecule has 0 bridgehead atoms. The van der Waals surface area contributed by atoms with Gasteiger partial charge in [-0.05, 0) is 49.2 Å². The van der Waals surface area contributed by atoms with Crippen molar-refractivity contribution < 1.29 is 19.1 Å². The molecule has 9 heteroatoms. The number of nitrogens with zero attached hydrogens (tertiary/aromatic N) is 4. The molecule has 8 nitrogen and oxygen atoms in total. The Balaban J connectivity index is 1.19. The van der Waals surface area contributed by atoms with Gasteiger partial charge < -0.3 is 19.3 Å². The van der Waals surface area contributed by atoms with Gasteiger partial charge in [-0.25, -0.2) is 0 Å². The van der Waals surface area contributed by atoms with Crippen molar-refractivity contribution in [1.82, 2.24) is 15.1 Å². The van der Waals surface area contributed by atoms with Crippen LogP contribution in [0.15, 0.2) is 48.5 Å². The highest BCUT2D eigenvalue weighted by Crippen LogP contribution is 2.37. The number of hydrogen-bond donors (Lipinski definition) is 0. The standard InChI is InChI=1S/C26H28N4O4S/c1-33-20-9-7-19(8-10-20)30-16-18(15-23(30)31)26(32)29-13-11-17(12-14-29)24-27-28-25(35-24)21-5-3-4-6-22(21)34-2/h3-10,17-18H,11-16H2,1-2H3. The SMILES string of the molecule is COc1ccc(N2CC(C(=O)N3CCC(c4nnc(-c5ccccc5OC)s4)CC3)CC2=O)cc1. The van der Waals surface area contributed by atoms with Gasteiger partial charge >= 0.3 is 0 Å². The summed E-state index contributed by atoms with van der Waals surface area (Å²) in [6.45, 7) is 1.75. The van der Waals surface area contributed by atoms with E-state index in [4.69, 9.17) is 9.47 Å². The number of hydrogen-bond acceptors (Lipinski definition) is 7. The minimum Gasteiger partial charge on any atom is -0.497 e. The monoisotopic (exact) mass is 492 g/mol. The molecule has 2 saturated heterocycles. The van der Waals surface area contributed by atoms with Crippen LogP contribution in [0, 0.1) is 5.92 Å². The van der Waals surface area contributed by atoms with Crippen LogP contribution in [0.4, 0.5) is 5.69 Å². The summed E-state index contributed by atoms with van der Waals surface area (Å²) in [6, 6.07) is 15.2. The summed E-state index contributed by atoms with van der Waals surface area (Å²) >= 11 is 1.59. The molecule has 1 aromatic heterocycles. The molecule has 0 saturated carbocycles. The molecule has 2 aromatic carbocycles. The molecule has 2 aliphatic rings. The molecule has 0 radical (unpaired) electrons. The maximum Gasteiger partial charge on any atom is 0.228 e. The fraction of sp³-hybridized carbons (Fsp3) is 0.385. The Morgan fingerprint density at radius 3 is 2.46 bits per heavy atom. The Bertz CT molecular complexity index is 1200. The molecule has 3 heterocycles. The van der Waals surface area contributed by atoms with Crippen molar-refractivity contribution in [2.24, 2.45) is 5.92 Å². The average molecular weight is 493 g/mol. The second-order valence-corrected chi connectivity index (χ2v) is 9.86. The van der Waals surface area contributed by atoms with Gasteiger partial charge in [0.15, 0.2) is 5.01 Å². The Hall–Kier alpha value is -3.46. The second-order valence-electron chi connectivity index (χ2n) is 8.85. The maximum absolute atomic E-state index is 13.2. The quantitative estimate of drug-likeness (QED) is 0.518. The van der Waals surface area contributed by atoms with Crippen LogP contribution in [-0.2, 0) is 9.59 Å². The van der Waals surface area contributed by atoms with E-state index in [1.54, 1.807) is 30.5 Å². The molecule has 1 unspecified atom stereocenters. The van der Waals surface area contributed by atoms with Crippen LogP contribution >= 0.6 is 11.3 Å². The number of benzene rings is 2. The molecule has 2 amide bonds. The highest BCUT2D eigenvalue weighted by molar-refractivity contribution is 7.14. The molecule has 3 aromatic rings. The van der Waals surface area contributed by atoms with Crippen molar-refractivity contribution in [2.45, 2.75) is 25.2 Å². The van der Waals surface area contributed by atoms with Crippen LogP contribution in [0.25, 0.3) is 10.6 Å². The molecule has 0 N–H and O–H groups in total. The largest absolute Gasteiger partial charge is 0.497 e. The number of piperidine rings is 1. The second kappa shape index (κ2) is 10.0. The maximum atomic E-state index is 13.2. The number of amides is 2. The van der Waals surface area contributed by atoms with E-state index in [1.165, 1.54) is 0 Å². The number of likely N-dealkylation sites (tertiary alicyclic amines) is 1. The van der Waals surface area contributed by atoms with E-state index in [-0.39, 0.29) is 30.1 Å². The van der Waals surface area contributed by atoms with Gasteiger partial charge in [0, 0.05) is 37.7 Å². The van der Waals surface area contributed by atoms with Gasteiger partial charge in [-0.15, -0.1) is 10.2 Å². The van der Waals surface area contributed by atoms with Crippen LogP contribution in [0.1, 0.15) is 30.2 Å². The minimum absolute atomic E-state index is 0.0128. The topological polar surface area (TPSA) is 84.9 Å². The first-order valence-corrected chi connectivity index (χ1v) is 12.6. The molecule has 2 fully saturated rings. The minimum atomic E-state index is -0.306. The zero-order valence-electron chi connectivity index (χ0n) is 19.8. The van der Waals surface area contributed by atoms with E-state index >= 15 is 0 Å². The van der Waals surface area contributed by atoms with Crippen LogP contribution in [-0.4, -0.2) is 60.8 Å². The molecule has 0 spiro atoms. The van der Waals surface area contributed by atoms with Gasteiger partial charge in [-0.2, -0.15) is 0 Å². The van der Waals surface area contributed by atoms with Crippen molar-refractivity contribution in [3.8, 4) is 22.1 Å². The van der Waals surface area contributed by atoms with Crippen molar-refractivity contribution in [3.05, 3.63) is 53.5 Å². The van der Waals surface area contributed by atoms with E-state index in [0.717, 1.165) is 45.6 Å². The third-order valence-corrected chi connectivity index (χ3v) is 7.91. The van der Waals surface area contributed by atoms with Gasteiger partial charge in [0.1, 0.15) is 16.5 Å². The number of para-hydroxylation sites is 1. The number of anilines is 1. The van der Waals surface area contributed by atoms with Crippen molar-refractivity contribution in [2.75, 3.05) is 38.8 Å². The van der Waals surface area contributed by atoms with E-state index in [2.05, 4.69) is 10.2 Å². The fourth-order valence-corrected chi connectivity index (χ4v) is 5.86. The normalized spacial score (nSPS) is 18.7. The molecule has 182 valence electrons. The van der Waals surface area contributed by atoms with Crippen molar-refractivity contribution in [3.63, 3.8) is 0 Å². The highest BCUT2D eigenvalue weighted by atomic mass is 32.1. The summed E-state index contributed by atoms with van der Waals surface area (Å²) in [5, 5.41) is 10.7. The lowest BCUT2D eigenvalue weighted by atomic mass is 9.96. The summed E-state index contributed by atoms with van der Waals surface area (Å²) in [5.74, 6) is 1.55. The molecule has 5 rings (SSSR count). The smallest absolute Gasteiger partial charge is 0.228 e. The van der Waals surface area contributed by atoms with Gasteiger partial charge in [-0.1, -0.05) is 23.5 Å². The molecule has 1 atom stereocenters. The number of carbonyl (C=O) groups excluding carboxylic acids is 2. The summed E-state index contributed by atoms with van der Waals surface area (Å²) < 4.78 is 10.7. The predicted octanol–water partition coefficient (Wildman–Crippen LogP) is 3.98. The number of aromatic nitrogens is 2. The van der Waals surface area contributed by atoms with Gasteiger partial charge in [0.25, 0.3) is 0 Å². The first-order valence-electron chi connectivity index (χ1n) is 11.8. The zero-order chi connectivity index (χ0) is 24.4. The third kappa shape index (κ3) is 4.73.